The van der Waals surface area contributed by atoms with Crippen molar-refractivity contribution < 1.29 is 4.52 Å². The van der Waals surface area contributed by atoms with E-state index >= 15 is 0 Å². The van der Waals surface area contributed by atoms with Crippen LogP contribution in [0.2, 0.25) is 0 Å². The standard InChI is InChI=1S/C16H22N2OS/c1-11(2)13-9-15(19-17-13)14-5-4-7-18(14)10-16-12(3)6-8-20-16/h6,8-9,11,14H,4-5,7,10H2,1-3H3/t14-/m0/s1. The number of aromatic nitrogens is 1. The molecular weight excluding hydrogens is 268 g/mol. The quantitative estimate of drug-likeness (QED) is 0.830. The van der Waals surface area contributed by atoms with E-state index in [0.717, 1.165) is 24.5 Å². The average Bonchev–Trinajstić information content (AvgIpc) is 3.11. The van der Waals surface area contributed by atoms with Crippen LogP contribution in [0.3, 0.4) is 0 Å². The second-order valence-corrected chi connectivity index (χ2v) is 6.96. The van der Waals surface area contributed by atoms with Gasteiger partial charge in [0.2, 0.25) is 0 Å². The van der Waals surface area contributed by atoms with Crippen LogP contribution in [0.5, 0.6) is 0 Å². The van der Waals surface area contributed by atoms with Crippen molar-refractivity contribution in [2.45, 2.75) is 52.1 Å². The molecule has 1 saturated heterocycles. The van der Waals surface area contributed by atoms with Gasteiger partial charge in [-0.1, -0.05) is 19.0 Å². The first kappa shape index (κ1) is 13.8. The summed E-state index contributed by atoms with van der Waals surface area (Å²) in [5, 5.41) is 6.39. The summed E-state index contributed by atoms with van der Waals surface area (Å²) in [5.41, 5.74) is 2.47. The van der Waals surface area contributed by atoms with E-state index in [9.17, 15) is 0 Å². The zero-order chi connectivity index (χ0) is 14.1. The van der Waals surface area contributed by atoms with E-state index in [1.54, 1.807) is 0 Å². The molecular formula is C16H22N2OS. The van der Waals surface area contributed by atoms with Crippen LogP contribution in [-0.2, 0) is 6.54 Å². The van der Waals surface area contributed by atoms with Gasteiger partial charge in [-0.3, -0.25) is 4.90 Å². The minimum atomic E-state index is 0.400. The fraction of sp³-hybridized carbons (Fsp3) is 0.562. The second kappa shape index (κ2) is 5.70. The molecule has 0 spiro atoms. The number of hydrogen-bond acceptors (Lipinski definition) is 4. The summed E-state index contributed by atoms with van der Waals surface area (Å²) in [6.07, 6.45) is 2.42. The highest BCUT2D eigenvalue weighted by Crippen LogP contribution is 2.35. The molecule has 2 aromatic heterocycles. The Balaban J connectivity index is 1.76. The summed E-state index contributed by atoms with van der Waals surface area (Å²) >= 11 is 1.86. The summed E-state index contributed by atoms with van der Waals surface area (Å²) in [5.74, 6) is 1.47. The van der Waals surface area contributed by atoms with Gasteiger partial charge < -0.3 is 4.52 Å². The predicted molar refractivity (Wildman–Crippen MR) is 82.0 cm³/mol. The van der Waals surface area contributed by atoms with Crippen molar-refractivity contribution in [3.8, 4) is 0 Å². The number of hydrogen-bond donors (Lipinski definition) is 0. The Labute approximate surface area is 124 Å². The van der Waals surface area contributed by atoms with Gasteiger partial charge in [0, 0.05) is 17.5 Å². The maximum absolute atomic E-state index is 5.60. The third-order valence-electron chi connectivity index (χ3n) is 4.15. The van der Waals surface area contributed by atoms with Crippen molar-refractivity contribution in [2.24, 2.45) is 0 Å². The van der Waals surface area contributed by atoms with E-state index in [1.165, 1.54) is 23.3 Å². The Bertz CT molecular complexity index is 573. The molecule has 1 atom stereocenters. The smallest absolute Gasteiger partial charge is 0.154 e. The van der Waals surface area contributed by atoms with Gasteiger partial charge in [-0.25, -0.2) is 0 Å². The molecule has 0 radical (unpaired) electrons. The summed E-state index contributed by atoms with van der Waals surface area (Å²) in [4.78, 5) is 4.00. The molecule has 0 N–H and O–H groups in total. The molecule has 4 heteroatoms. The minimum Gasteiger partial charge on any atom is -0.359 e. The normalized spacial score (nSPS) is 20.1. The van der Waals surface area contributed by atoms with Crippen LogP contribution in [0.25, 0.3) is 0 Å². The molecule has 3 nitrogen and oxygen atoms in total. The largest absolute Gasteiger partial charge is 0.359 e. The van der Waals surface area contributed by atoms with Crippen molar-refractivity contribution in [2.75, 3.05) is 6.54 Å². The highest BCUT2D eigenvalue weighted by Gasteiger charge is 2.30. The van der Waals surface area contributed by atoms with Crippen molar-refractivity contribution in [3.05, 3.63) is 39.4 Å². The number of aryl methyl sites for hydroxylation is 1. The molecule has 3 heterocycles. The Hall–Kier alpha value is -1.13. The van der Waals surface area contributed by atoms with E-state index in [-0.39, 0.29) is 0 Å². The maximum atomic E-state index is 5.60. The van der Waals surface area contributed by atoms with Gasteiger partial charge >= 0.3 is 0 Å². The molecule has 0 unspecified atom stereocenters. The first-order chi connectivity index (χ1) is 9.65. The summed E-state index contributed by atoms with van der Waals surface area (Å²) < 4.78 is 5.60. The molecule has 0 amide bonds. The number of nitrogens with zero attached hydrogens (tertiary/aromatic N) is 2. The Morgan fingerprint density at radius 3 is 3.00 bits per heavy atom. The van der Waals surface area contributed by atoms with Crippen LogP contribution in [0.4, 0.5) is 0 Å². The fourth-order valence-electron chi connectivity index (χ4n) is 2.82. The number of rotatable bonds is 4. The monoisotopic (exact) mass is 290 g/mol. The molecule has 108 valence electrons. The van der Waals surface area contributed by atoms with Crippen LogP contribution < -0.4 is 0 Å². The van der Waals surface area contributed by atoms with Gasteiger partial charge in [-0.2, -0.15) is 0 Å². The molecule has 1 aliphatic heterocycles. The Morgan fingerprint density at radius 1 is 1.50 bits per heavy atom. The summed E-state index contributed by atoms with van der Waals surface area (Å²) in [6.45, 7) is 8.69. The molecule has 2 aromatic rings. The maximum Gasteiger partial charge on any atom is 0.154 e. The first-order valence-electron chi connectivity index (χ1n) is 7.38. The topological polar surface area (TPSA) is 29.3 Å². The molecule has 0 aliphatic carbocycles. The van der Waals surface area contributed by atoms with Crippen molar-refractivity contribution in [1.29, 1.82) is 0 Å². The molecule has 0 aromatic carbocycles. The molecule has 0 bridgehead atoms. The highest BCUT2D eigenvalue weighted by molar-refractivity contribution is 7.10. The Kier molecular flexibility index (Phi) is 3.94. The van der Waals surface area contributed by atoms with E-state index in [0.29, 0.717) is 12.0 Å². The highest BCUT2D eigenvalue weighted by atomic mass is 32.1. The molecule has 1 fully saturated rings. The van der Waals surface area contributed by atoms with E-state index in [2.05, 4.69) is 48.3 Å². The summed E-state index contributed by atoms with van der Waals surface area (Å²) in [7, 11) is 0. The Morgan fingerprint density at radius 2 is 2.35 bits per heavy atom. The van der Waals surface area contributed by atoms with Crippen LogP contribution in [0.15, 0.2) is 22.0 Å². The van der Waals surface area contributed by atoms with Crippen molar-refractivity contribution in [3.63, 3.8) is 0 Å². The lowest BCUT2D eigenvalue weighted by Crippen LogP contribution is -2.22. The van der Waals surface area contributed by atoms with Crippen molar-refractivity contribution in [1.82, 2.24) is 10.1 Å². The third-order valence-corrected chi connectivity index (χ3v) is 5.15. The lowest BCUT2D eigenvalue weighted by Gasteiger charge is -2.21. The van der Waals surface area contributed by atoms with E-state index < -0.39 is 0 Å². The molecule has 1 aliphatic rings. The van der Waals surface area contributed by atoms with Gasteiger partial charge in [0.25, 0.3) is 0 Å². The minimum absolute atomic E-state index is 0.400. The molecule has 0 saturated carbocycles. The van der Waals surface area contributed by atoms with Gasteiger partial charge in [-0.05, 0) is 49.2 Å². The van der Waals surface area contributed by atoms with Gasteiger partial charge in [0.15, 0.2) is 5.76 Å². The van der Waals surface area contributed by atoms with Crippen LogP contribution in [0.1, 0.15) is 60.5 Å². The average molecular weight is 290 g/mol. The SMILES string of the molecule is Cc1ccsc1CN1CCC[C@H]1c1cc(C(C)C)no1. The number of likely N-dealkylation sites (tertiary alicyclic amines) is 1. The zero-order valence-corrected chi connectivity index (χ0v) is 13.2. The third kappa shape index (κ3) is 2.67. The van der Waals surface area contributed by atoms with Gasteiger partial charge in [0.1, 0.15) is 0 Å². The zero-order valence-electron chi connectivity index (χ0n) is 12.4. The predicted octanol–water partition coefficient (Wildman–Crippen LogP) is 4.51. The second-order valence-electron chi connectivity index (χ2n) is 5.96. The van der Waals surface area contributed by atoms with E-state index in [4.69, 9.17) is 4.52 Å². The van der Waals surface area contributed by atoms with E-state index in [1.807, 2.05) is 11.3 Å². The van der Waals surface area contributed by atoms with Gasteiger partial charge in [-0.15, -0.1) is 11.3 Å². The molecule has 20 heavy (non-hydrogen) atoms. The molecule has 3 rings (SSSR count). The first-order valence-corrected chi connectivity index (χ1v) is 8.26. The van der Waals surface area contributed by atoms with Crippen LogP contribution >= 0.6 is 11.3 Å². The van der Waals surface area contributed by atoms with Crippen LogP contribution in [-0.4, -0.2) is 16.6 Å². The number of thiophene rings is 1. The van der Waals surface area contributed by atoms with Crippen LogP contribution in [0, 0.1) is 6.92 Å². The lowest BCUT2D eigenvalue weighted by atomic mass is 10.1. The summed E-state index contributed by atoms with van der Waals surface area (Å²) in [6, 6.07) is 4.75. The van der Waals surface area contributed by atoms with Crippen molar-refractivity contribution >= 4 is 11.3 Å². The fourth-order valence-corrected chi connectivity index (χ4v) is 3.75. The lowest BCUT2D eigenvalue weighted by molar-refractivity contribution is 0.207. The van der Waals surface area contributed by atoms with Gasteiger partial charge in [0.05, 0.1) is 11.7 Å².